The summed E-state index contributed by atoms with van der Waals surface area (Å²) in [7, 11) is -11.1. The smallest absolute Gasteiger partial charge is 0.368 e. The van der Waals surface area contributed by atoms with Crippen molar-refractivity contribution in [3.8, 4) is 0 Å². The fraction of sp³-hybridized carbons (Fsp3) is 0.235. The van der Waals surface area contributed by atoms with Crippen molar-refractivity contribution in [3.63, 3.8) is 0 Å². The molecule has 7 N–H and O–H groups in total. The van der Waals surface area contributed by atoms with Crippen LogP contribution in [0.15, 0.2) is 59.5 Å². The highest BCUT2D eigenvalue weighted by atomic mass is 31.2. The monoisotopic (exact) mass is 455 g/mol. The number of aromatic amines is 1. The molecule has 1 aliphatic heterocycles. The Morgan fingerprint density at radius 3 is 2.33 bits per heavy atom. The fourth-order valence-electron chi connectivity index (χ4n) is 3.00. The average molecular weight is 455 g/mol. The highest BCUT2D eigenvalue weighted by Crippen LogP contribution is 2.69. The lowest BCUT2D eigenvalue weighted by atomic mass is 9.97. The molecular weight excluding hydrogens is 434 g/mol. The summed E-state index contributed by atoms with van der Waals surface area (Å²) in [6, 6.07) is 10.5. The van der Waals surface area contributed by atoms with Gasteiger partial charge in [-0.1, -0.05) is 6.07 Å². The number of rotatable bonds is 7. The van der Waals surface area contributed by atoms with Crippen LogP contribution in [0.3, 0.4) is 0 Å². The van der Waals surface area contributed by atoms with Gasteiger partial charge in [-0.3, -0.25) is 19.5 Å². The van der Waals surface area contributed by atoms with E-state index in [0.717, 1.165) is 0 Å². The first-order valence-electron chi connectivity index (χ1n) is 8.80. The van der Waals surface area contributed by atoms with Crippen LogP contribution in [0, 0.1) is 0 Å². The van der Waals surface area contributed by atoms with Gasteiger partial charge in [0.2, 0.25) is 5.69 Å². The Labute approximate surface area is 171 Å². The van der Waals surface area contributed by atoms with Gasteiger partial charge in [-0.05, 0) is 30.2 Å². The van der Waals surface area contributed by atoms with E-state index in [1.165, 1.54) is 0 Å². The maximum Gasteiger partial charge on any atom is 0.369 e. The highest BCUT2D eigenvalue weighted by molar-refractivity contribution is 7.72. The summed E-state index contributed by atoms with van der Waals surface area (Å²) in [6.45, 7) is 0. The number of pyridine rings is 2. The summed E-state index contributed by atoms with van der Waals surface area (Å²) >= 11 is 0. The van der Waals surface area contributed by atoms with Crippen LogP contribution in [0.5, 0.6) is 0 Å². The summed E-state index contributed by atoms with van der Waals surface area (Å²) in [4.78, 5) is 44.9. The van der Waals surface area contributed by atoms with E-state index in [1.807, 2.05) is 0 Å². The molecule has 0 spiro atoms. The number of hydrazone groups is 1. The molecular formula is C17H21N4O7P2+. The number of aliphatic hydroxyl groups is 1. The van der Waals surface area contributed by atoms with Gasteiger partial charge in [-0.2, -0.15) is 5.10 Å². The molecule has 30 heavy (non-hydrogen) atoms. The van der Waals surface area contributed by atoms with E-state index in [1.54, 1.807) is 48.8 Å². The molecule has 0 aromatic carbocycles. The lowest BCUT2D eigenvalue weighted by molar-refractivity contribution is -0.380. The molecule has 160 valence electrons. The van der Waals surface area contributed by atoms with Crippen LogP contribution in [0.25, 0.3) is 5.70 Å². The number of nitrogens with zero attached hydrogens (tertiary/aromatic N) is 2. The fourth-order valence-corrected chi connectivity index (χ4v) is 5.17. The van der Waals surface area contributed by atoms with Crippen molar-refractivity contribution in [1.29, 1.82) is 0 Å². The average Bonchev–Trinajstić information content (AvgIpc) is 2.71. The van der Waals surface area contributed by atoms with Gasteiger partial charge in [0.1, 0.15) is 5.71 Å². The van der Waals surface area contributed by atoms with E-state index in [4.69, 9.17) is 0 Å². The largest absolute Gasteiger partial charge is 0.369 e. The number of hydrogen-bond acceptors (Lipinski definition) is 6. The molecule has 0 atom stereocenters. The third kappa shape index (κ3) is 4.58. The zero-order chi connectivity index (χ0) is 22.0. The van der Waals surface area contributed by atoms with Gasteiger partial charge in [0.15, 0.2) is 6.20 Å². The van der Waals surface area contributed by atoms with Crippen LogP contribution in [0.2, 0.25) is 0 Å². The molecule has 13 heteroatoms. The van der Waals surface area contributed by atoms with Gasteiger partial charge in [0.05, 0.1) is 11.4 Å². The van der Waals surface area contributed by atoms with E-state index in [2.05, 4.69) is 20.5 Å². The van der Waals surface area contributed by atoms with Crippen LogP contribution < -0.4 is 10.4 Å². The molecule has 1 aliphatic rings. The molecule has 3 heterocycles. The second-order valence-corrected chi connectivity index (χ2v) is 10.7. The molecule has 0 radical (unpaired) electrons. The number of H-pyrrole nitrogens is 1. The molecule has 11 nitrogen and oxygen atoms in total. The third-order valence-corrected chi connectivity index (χ3v) is 8.55. The van der Waals surface area contributed by atoms with E-state index < -0.39 is 26.7 Å². The predicted molar refractivity (Wildman–Crippen MR) is 107 cm³/mol. The van der Waals surface area contributed by atoms with Crippen LogP contribution >= 0.6 is 15.2 Å². The lowest BCUT2D eigenvalue weighted by Gasteiger charge is -2.30. The van der Waals surface area contributed by atoms with Gasteiger partial charge in [0.25, 0.3) is 5.08 Å². The van der Waals surface area contributed by atoms with E-state index in [-0.39, 0.29) is 12.8 Å². The van der Waals surface area contributed by atoms with Crippen LogP contribution in [0.1, 0.15) is 30.7 Å². The van der Waals surface area contributed by atoms with Crippen molar-refractivity contribution in [3.05, 3.63) is 65.8 Å². The summed E-state index contributed by atoms with van der Waals surface area (Å²) in [6.07, 6.45) is 2.37. The number of allylic oxidation sites excluding steroid dienone is 1. The van der Waals surface area contributed by atoms with Crippen molar-refractivity contribution in [2.75, 3.05) is 0 Å². The summed E-state index contributed by atoms with van der Waals surface area (Å²) in [5.74, 6) is 0. The molecule has 0 fully saturated rings. The molecule has 0 aliphatic carbocycles. The normalized spacial score (nSPS) is 15.6. The highest BCUT2D eigenvalue weighted by Gasteiger charge is 2.58. The third-order valence-electron chi connectivity index (χ3n) is 4.67. The molecule has 2 aromatic heterocycles. The van der Waals surface area contributed by atoms with Crippen molar-refractivity contribution in [2.24, 2.45) is 5.10 Å². The first-order chi connectivity index (χ1) is 14.0. The first-order valence-corrected chi connectivity index (χ1v) is 12.0. The van der Waals surface area contributed by atoms with E-state index >= 15 is 0 Å². The zero-order valence-corrected chi connectivity index (χ0v) is 17.4. The Morgan fingerprint density at radius 2 is 1.77 bits per heavy atom. The maximum atomic E-state index is 11.7. The van der Waals surface area contributed by atoms with Gasteiger partial charge in [0, 0.05) is 31.2 Å². The summed E-state index contributed by atoms with van der Waals surface area (Å²) in [5, 5.41) is 11.1. The minimum absolute atomic E-state index is 0.206. The molecule has 0 bridgehead atoms. The van der Waals surface area contributed by atoms with Crippen molar-refractivity contribution in [1.82, 2.24) is 10.4 Å². The van der Waals surface area contributed by atoms with Crippen LogP contribution in [0.4, 0.5) is 0 Å². The Balaban J connectivity index is 1.97. The molecule has 0 amide bonds. The van der Waals surface area contributed by atoms with Crippen molar-refractivity contribution in [2.45, 2.75) is 24.3 Å². The SMILES string of the molecule is O=P(O)(O)C(O)(CCC1=C(c2ccccn2)NN=C(c2cccc[nH+]2)C1)P(=O)(O)O. The minimum atomic E-state index is -5.54. The second kappa shape index (κ2) is 8.49. The van der Waals surface area contributed by atoms with Crippen molar-refractivity contribution >= 4 is 26.6 Å². The topological polar surface area (TPSA) is 187 Å². The lowest BCUT2D eigenvalue weighted by Crippen LogP contribution is -2.30. The van der Waals surface area contributed by atoms with Gasteiger partial charge < -0.3 is 24.7 Å². The Bertz CT molecular complexity index is 1040. The first kappa shape index (κ1) is 22.5. The number of nitrogens with one attached hydrogen (secondary N) is 2. The molecule has 0 unspecified atom stereocenters. The van der Waals surface area contributed by atoms with Gasteiger partial charge in [-0.25, -0.2) is 4.98 Å². The van der Waals surface area contributed by atoms with Gasteiger partial charge >= 0.3 is 15.2 Å². The molecule has 0 saturated carbocycles. The second-order valence-electron chi connectivity index (χ2n) is 6.68. The Hall–Kier alpha value is -2.23. The Kier molecular flexibility index (Phi) is 6.35. The zero-order valence-electron chi connectivity index (χ0n) is 15.6. The molecule has 0 saturated heterocycles. The number of hydrogen-bond donors (Lipinski definition) is 6. The standard InChI is InChI=1S/C17H20N4O7P2/c22-17(29(23,24)25,30(26,27)28)8-7-12-11-15(13-5-1-3-9-18-13)20-21-16(12)14-6-2-4-10-19-14/h1-6,9-10,21-22H,7-8,11H2,(H2,23,24,25)(H2,26,27,28)/p+1. The van der Waals surface area contributed by atoms with Crippen molar-refractivity contribution < 1.29 is 38.8 Å². The molecule has 2 aromatic rings. The van der Waals surface area contributed by atoms with E-state index in [0.29, 0.717) is 28.4 Å². The van der Waals surface area contributed by atoms with Gasteiger partial charge in [-0.15, -0.1) is 0 Å². The maximum absolute atomic E-state index is 11.7. The predicted octanol–water partition coefficient (Wildman–Crippen LogP) is 0.786. The number of aromatic nitrogens is 2. The molecule has 3 rings (SSSR count). The summed E-state index contributed by atoms with van der Waals surface area (Å²) < 4.78 is 23.4. The van der Waals surface area contributed by atoms with Crippen LogP contribution in [-0.4, -0.2) is 40.5 Å². The van der Waals surface area contributed by atoms with Crippen LogP contribution in [-0.2, 0) is 9.13 Å². The van der Waals surface area contributed by atoms with E-state index in [9.17, 15) is 33.8 Å². The minimum Gasteiger partial charge on any atom is -0.368 e. The quantitative estimate of drug-likeness (QED) is 0.328. The Morgan fingerprint density at radius 1 is 1.07 bits per heavy atom. The summed E-state index contributed by atoms with van der Waals surface area (Å²) in [5.41, 5.74) is 5.57.